The normalized spacial score (nSPS) is 20.4. The summed E-state index contributed by atoms with van der Waals surface area (Å²) in [7, 11) is -1.36. The van der Waals surface area contributed by atoms with Crippen LogP contribution in [-0.4, -0.2) is 18.3 Å². The Balaban J connectivity index is 2.53. The Kier molecular flexibility index (Phi) is 4.26. The maximum Gasteiger partial charge on any atom is 0.497 e. The number of alkyl halides is 5. The number of benzene rings is 1. The van der Waals surface area contributed by atoms with E-state index in [4.69, 9.17) is 9.31 Å². The van der Waals surface area contributed by atoms with Crippen molar-refractivity contribution in [3.05, 3.63) is 29.1 Å². The smallest absolute Gasteiger partial charge is 0.399 e. The van der Waals surface area contributed by atoms with Gasteiger partial charge in [0, 0.05) is 5.46 Å². The van der Waals surface area contributed by atoms with E-state index in [1.807, 2.05) is 0 Å². The van der Waals surface area contributed by atoms with Gasteiger partial charge in [-0.15, -0.1) is 0 Å². The van der Waals surface area contributed by atoms with Crippen LogP contribution in [0.3, 0.4) is 0 Å². The zero-order chi connectivity index (χ0) is 17.8. The standard InChI is InChI=1S/C14H15BF6O2/c1-12(2)13(3,4)23-15(22-12)8-6-5-7(14(19,20)21)9(10(8)16)11(17)18/h5-6,11H,1-4H3. The molecule has 128 valence electrons. The van der Waals surface area contributed by atoms with Gasteiger partial charge in [0.2, 0.25) is 0 Å². The van der Waals surface area contributed by atoms with Crippen molar-refractivity contribution in [3.63, 3.8) is 0 Å². The van der Waals surface area contributed by atoms with Crippen molar-refractivity contribution in [2.75, 3.05) is 0 Å². The Bertz CT molecular complexity index is 596. The van der Waals surface area contributed by atoms with Gasteiger partial charge in [0.15, 0.2) is 0 Å². The Morgan fingerprint density at radius 3 is 1.87 bits per heavy atom. The lowest BCUT2D eigenvalue weighted by molar-refractivity contribution is -0.139. The minimum Gasteiger partial charge on any atom is -0.399 e. The highest BCUT2D eigenvalue weighted by molar-refractivity contribution is 6.62. The fourth-order valence-corrected chi connectivity index (χ4v) is 2.22. The van der Waals surface area contributed by atoms with Crippen LogP contribution in [0.15, 0.2) is 12.1 Å². The molecular formula is C14H15BF6O2. The quantitative estimate of drug-likeness (QED) is 0.597. The van der Waals surface area contributed by atoms with Gasteiger partial charge < -0.3 is 9.31 Å². The van der Waals surface area contributed by atoms with Crippen molar-refractivity contribution < 1.29 is 35.7 Å². The number of hydrogen-bond acceptors (Lipinski definition) is 2. The molecule has 1 fully saturated rings. The molecule has 0 aliphatic carbocycles. The van der Waals surface area contributed by atoms with E-state index in [2.05, 4.69) is 0 Å². The SMILES string of the molecule is CC1(C)OB(c2ccc(C(F)(F)F)c(C(F)F)c2F)OC1(C)C. The molecule has 0 amide bonds. The van der Waals surface area contributed by atoms with E-state index in [-0.39, 0.29) is 0 Å². The molecule has 23 heavy (non-hydrogen) atoms. The zero-order valence-electron chi connectivity index (χ0n) is 12.9. The fraction of sp³-hybridized carbons (Fsp3) is 0.571. The molecular weight excluding hydrogens is 325 g/mol. The van der Waals surface area contributed by atoms with Gasteiger partial charge in [0.05, 0.1) is 22.3 Å². The molecule has 1 aliphatic heterocycles. The summed E-state index contributed by atoms with van der Waals surface area (Å²) in [5, 5.41) is 0. The highest BCUT2D eigenvalue weighted by Crippen LogP contribution is 2.39. The second kappa shape index (κ2) is 5.41. The molecule has 0 aromatic heterocycles. The number of rotatable bonds is 2. The third-order valence-corrected chi connectivity index (χ3v) is 4.24. The third-order valence-electron chi connectivity index (χ3n) is 4.24. The molecule has 2 nitrogen and oxygen atoms in total. The summed E-state index contributed by atoms with van der Waals surface area (Å²) < 4.78 is 89.6. The summed E-state index contributed by atoms with van der Waals surface area (Å²) in [6.07, 6.45) is -8.70. The first kappa shape index (κ1) is 18.1. The van der Waals surface area contributed by atoms with E-state index in [1.165, 1.54) is 0 Å². The molecule has 0 N–H and O–H groups in total. The van der Waals surface area contributed by atoms with E-state index < -0.39 is 53.3 Å². The Labute approximate surface area is 129 Å². The van der Waals surface area contributed by atoms with Gasteiger partial charge in [-0.25, -0.2) is 13.2 Å². The van der Waals surface area contributed by atoms with Crippen molar-refractivity contribution in [3.8, 4) is 0 Å². The third kappa shape index (κ3) is 3.08. The van der Waals surface area contributed by atoms with E-state index in [1.54, 1.807) is 27.7 Å². The van der Waals surface area contributed by atoms with Gasteiger partial charge in [-0.2, -0.15) is 13.2 Å². The van der Waals surface area contributed by atoms with Crippen LogP contribution in [0.2, 0.25) is 0 Å². The first-order valence-corrected chi connectivity index (χ1v) is 6.81. The molecule has 1 aromatic rings. The molecule has 1 saturated heterocycles. The van der Waals surface area contributed by atoms with Gasteiger partial charge in [-0.1, -0.05) is 6.07 Å². The van der Waals surface area contributed by atoms with Crippen LogP contribution in [0.5, 0.6) is 0 Å². The topological polar surface area (TPSA) is 18.5 Å². The van der Waals surface area contributed by atoms with E-state index >= 15 is 0 Å². The van der Waals surface area contributed by atoms with Crippen LogP contribution in [0.1, 0.15) is 45.2 Å². The minimum atomic E-state index is -5.08. The second-order valence-electron chi connectivity index (χ2n) is 6.32. The fourth-order valence-electron chi connectivity index (χ4n) is 2.22. The lowest BCUT2D eigenvalue weighted by Gasteiger charge is -2.32. The first-order chi connectivity index (χ1) is 10.3. The monoisotopic (exact) mass is 340 g/mol. The molecule has 0 saturated carbocycles. The van der Waals surface area contributed by atoms with Gasteiger partial charge in [-0.3, -0.25) is 0 Å². The van der Waals surface area contributed by atoms with Crippen LogP contribution < -0.4 is 5.46 Å². The number of halogens is 6. The zero-order valence-corrected chi connectivity index (χ0v) is 12.9. The van der Waals surface area contributed by atoms with Gasteiger partial charge in [0.25, 0.3) is 6.43 Å². The average molecular weight is 340 g/mol. The number of hydrogen-bond donors (Lipinski definition) is 0. The maximum atomic E-state index is 14.3. The Hall–Kier alpha value is -1.22. The summed E-state index contributed by atoms with van der Waals surface area (Å²) in [6, 6.07) is 1.19. The molecule has 0 atom stereocenters. The van der Waals surface area contributed by atoms with Gasteiger partial charge >= 0.3 is 13.3 Å². The summed E-state index contributed by atoms with van der Waals surface area (Å²) >= 11 is 0. The first-order valence-electron chi connectivity index (χ1n) is 6.81. The van der Waals surface area contributed by atoms with Crippen LogP contribution in [-0.2, 0) is 15.5 Å². The van der Waals surface area contributed by atoms with Gasteiger partial charge in [0.1, 0.15) is 5.82 Å². The molecule has 1 heterocycles. The summed E-state index contributed by atoms with van der Waals surface area (Å²) in [6.45, 7) is 6.62. The predicted octanol–water partition coefficient (Wildman–Crippen LogP) is 4.08. The van der Waals surface area contributed by atoms with Crippen molar-refractivity contribution in [2.45, 2.75) is 51.5 Å². The van der Waals surface area contributed by atoms with Crippen LogP contribution in [0.4, 0.5) is 26.3 Å². The highest BCUT2D eigenvalue weighted by atomic mass is 19.4. The minimum absolute atomic E-state index is 0.422. The van der Waals surface area contributed by atoms with E-state index in [0.29, 0.717) is 6.07 Å². The summed E-state index contributed by atoms with van der Waals surface area (Å²) in [4.78, 5) is 0. The molecule has 1 aliphatic rings. The van der Waals surface area contributed by atoms with Crippen molar-refractivity contribution >= 4 is 12.6 Å². The molecule has 0 unspecified atom stereocenters. The molecule has 2 rings (SSSR count). The largest absolute Gasteiger partial charge is 0.497 e. The summed E-state index contributed by atoms with van der Waals surface area (Å²) in [5.74, 6) is -1.66. The van der Waals surface area contributed by atoms with Crippen LogP contribution in [0.25, 0.3) is 0 Å². The lowest BCUT2D eigenvalue weighted by atomic mass is 9.77. The predicted molar refractivity (Wildman–Crippen MR) is 72.1 cm³/mol. The molecule has 0 bridgehead atoms. The highest BCUT2D eigenvalue weighted by Gasteiger charge is 2.53. The molecule has 9 heteroatoms. The van der Waals surface area contributed by atoms with Crippen LogP contribution >= 0.6 is 0 Å². The summed E-state index contributed by atoms with van der Waals surface area (Å²) in [5.41, 5.74) is -5.63. The average Bonchev–Trinajstić information content (AvgIpc) is 2.55. The lowest BCUT2D eigenvalue weighted by Crippen LogP contribution is -2.41. The van der Waals surface area contributed by atoms with Crippen LogP contribution in [0, 0.1) is 5.82 Å². The van der Waals surface area contributed by atoms with E-state index in [0.717, 1.165) is 6.07 Å². The van der Waals surface area contributed by atoms with Crippen molar-refractivity contribution in [1.29, 1.82) is 0 Å². The van der Waals surface area contributed by atoms with Crippen molar-refractivity contribution in [1.82, 2.24) is 0 Å². The molecule has 0 spiro atoms. The maximum absolute atomic E-state index is 14.3. The molecule has 0 radical (unpaired) electrons. The molecule has 1 aromatic carbocycles. The van der Waals surface area contributed by atoms with Gasteiger partial charge in [-0.05, 0) is 33.8 Å². The van der Waals surface area contributed by atoms with Crippen molar-refractivity contribution in [2.24, 2.45) is 0 Å². The Morgan fingerprint density at radius 1 is 1.00 bits per heavy atom. The second-order valence-corrected chi connectivity index (χ2v) is 6.32. The Morgan fingerprint density at radius 2 is 1.48 bits per heavy atom. The van der Waals surface area contributed by atoms with E-state index in [9.17, 15) is 26.3 Å².